The average molecular weight is 435 g/mol. The molecule has 0 atom stereocenters. The summed E-state index contributed by atoms with van der Waals surface area (Å²) in [6.07, 6.45) is 1.05. The summed E-state index contributed by atoms with van der Waals surface area (Å²) < 4.78 is 5.06. The van der Waals surface area contributed by atoms with Crippen LogP contribution in [0.15, 0.2) is 23.2 Å². The molecule has 0 aliphatic carbocycles. The minimum Gasteiger partial charge on any atom is -0.385 e. The quantitative estimate of drug-likeness (QED) is 0.267. The molecule has 0 unspecified atom stereocenters. The molecule has 1 rings (SSSR count). The van der Waals surface area contributed by atoms with Gasteiger partial charge in [0.15, 0.2) is 5.96 Å². The van der Waals surface area contributed by atoms with Crippen LogP contribution < -0.4 is 10.6 Å². The lowest BCUT2D eigenvalue weighted by atomic mass is 10.3. The van der Waals surface area contributed by atoms with Crippen LogP contribution in [0.4, 0.5) is 0 Å². The fourth-order valence-corrected chi connectivity index (χ4v) is 2.05. The van der Waals surface area contributed by atoms with Crippen molar-refractivity contribution in [3.05, 3.63) is 29.6 Å². The van der Waals surface area contributed by atoms with Gasteiger partial charge in [-0.15, -0.1) is 24.0 Å². The van der Waals surface area contributed by atoms with Crippen molar-refractivity contribution >= 4 is 29.9 Å². The Morgan fingerprint density at radius 3 is 2.74 bits per heavy atom. The highest BCUT2D eigenvalue weighted by Gasteiger charge is 2.01. The molecule has 1 heterocycles. The Balaban J connectivity index is 0.00000484. The van der Waals surface area contributed by atoms with Gasteiger partial charge < -0.3 is 20.3 Å². The summed E-state index contributed by atoms with van der Waals surface area (Å²) in [5.41, 5.74) is 2.04. The Bertz CT molecular complexity index is 456. The highest BCUT2D eigenvalue weighted by atomic mass is 127. The molecule has 7 heteroatoms. The maximum absolute atomic E-state index is 5.06. The number of nitrogens with zero attached hydrogens (tertiary/aromatic N) is 3. The van der Waals surface area contributed by atoms with Gasteiger partial charge in [-0.3, -0.25) is 9.98 Å². The van der Waals surface area contributed by atoms with Crippen LogP contribution in [0.5, 0.6) is 0 Å². The highest BCUT2D eigenvalue weighted by molar-refractivity contribution is 14.0. The molecule has 0 amide bonds. The number of likely N-dealkylation sites (N-methyl/N-ethyl adjacent to an activating group) is 1. The van der Waals surface area contributed by atoms with E-state index in [1.165, 1.54) is 0 Å². The maximum atomic E-state index is 5.06. The van der Waals surface area contributed by atoms with Crippen LogP contribution in [-0.2, 0) is 11.3 Å². The summed E-state index contributed by atoms with van der Waals surface area (Å²) in [6.45, 7) is 6.33. The lowest BCUT2D eigenvalue weighted by Gasteiger charge is -2.18. The second-order valence-electron chi connectivity index (χ2n) is 5.27. The minimum atomic E-state index is 0. The first-order valence-corrected chi connectivity index (χ1v) is 7.70. The summed E-state index contributed by atoms with van der Waals surface area (Å²) >= 11 is 0. The largest absolute Gasteiger partial charge is 0.385 e. The lowest BCUT2D eigenvalue weighted by molar-refractivity contribution is 0.180. The number of rotatable bonds is 9. The van der Waals surface area contributed by atoms with Crippen molar-refractivity contribution in [1.29, 1.82) is 0 Å². The third kappa shape index (κ3) is 10.5. The van der Waals surface area contributed by atoms with Crippen molar-refractivity contribution in [2.24, 2.45) is 4.99 Å². The van der Waals surface area contributed by atoms with Crippen molar-refractivity contribution in [2.75, 3.05) is 47.4 Å². The van der Waals surface area contributed by atoms with E-state index in [1.54, 1.807) is 14.2 Å². The van der Waals surface area contributed by atoms with E-state index in [0.717, 1.165) is 50.0 Å². The number of guanidine groups is 1. The predicted molar refractivity (Wildman–Crippen MR) is 107 cm³/mol. The first kappa shape index (κ1) is 22.1. The van der Waals surface area contributed by atoms with Crippen LogP contribution in [0.3, 0.4) is 0 Å². The smallest absolute Gasteiger partial charge is 0.191 e. The summed E-state index contributed by atoms with van der Waals surface area (Å²) in [4.78, 5) is 11.0. The summed E-state index contributed by atoms with van der Waals surface area (Å²) in [7, 11) is 5.63. The van der Waals surface area contributed by atoms with E-state index in [9.17, 15) is 0 Å². The number of methoxy groups -OCH3 is 1. The molecule has 0 radical (unpaired) electrons. The molecule has 0 bridgehead atoms. The third-order valence-corrected chi connectivity index (χ3v) is 3.28. The van der Waals surface area contributed by atoms with Gasteiger partial charge in [0, 0.05) is 46.1 Å². The maximum Gasteiger partial charge on any atom is 0.191 e. The van der Waals surface area contributed by atoms with Gasteiger partial charge in [0.25, 0.3) is 0 Å². The van der Waals surface area contributed by atoms with Crippen molar-refractivity contribution in [3.8, 4) is 0 Å². The Morgan fingerprint density at radius 2 is 2.09 bits per heavy atom. The van der Waals surface area contributed by atoms with Crippen molar-refractivity contribution < 1.29 is 4.74 Å². The third-order valence-electron chi connectivity index (χ3n) is 3.28. The highest BCUT2D eigenvalue weighted by Crippen LogP contribution is 1.97. The van der Waals surface area contributed by atoms with Gasteiger partial charge in [0.2, 0.25) is 0 Å². The molecule has 23 heavy (non-hydrogen) atoms. The van der Waals surface area contributed by atoms with Crippen LogP contribution in [0, 0.1) is 6.92 Å². The molecule has 0 aliphatic heterocycles. The number of halogens is 1. The molecule has 1 aromatic rings. The van der Waals surface area contributed by atoms with E-state index >= 15 is 0 Å². The Labute approximate surface area is 157 Å². The normalized spacial score (nSPS) is 11.3. The molecule has 0 fully saturated rings. The van der Waals surface area contributed by atoms with Crippen LogP contribution >= 0.6 is 24.0 Å². The number of hydrogen-bond donors (Lipinski definition) is 2. The van der Waals surface area contributed by atoms with Gasteiger partial charge in [-0.1, -0.05) is 6.07 Å². The van der Waals surface area contributed by atoms with Gasteiger partial charge in [-0.2, -0.15) is 0 Å². The van der Waals surface area contributed by atoms with E-state index < -0.39 is 0 Å². The topological polar surface area (TPSA) is 61.8 Å². The van der Waals surface area contributed by atoms with Crippen LogP contribution in [0.25, 0.3) is 0 Å². The van der Waals surface area contributed by atoms with E-state index in [0.29, 0.717) is 6.54 Å². The molecule has 0 saturated carbocycles. The molecule has 0 aliphatic rings. The summed E-state index contributed by atoms with van der Waals surface area (Å²) in [6, 6.07) is 6.03. The number of nitrogens with one attached hydrogen (secondary N) is 2. The number of aromatic nitrogens is 1. The molecule has 0 spiro atoms. The number of ether oxygens (including phenoxy) is 1. The number of pyridine rings is 1. The summed E-state index contributed by atoms with van der Waals surface area (Å²) in [5.74, 6) is 0.800. The minimum absolute atomic E-state index is 0. The zero-order valence-electron chi connectivity index (χ0n) is 14.6. The second-order valence-corrected chi connectivity index (χ2v) is 5.27. The van der Waals surface area contributed by atoms with Crippen molar-refractivity contribution in [3.63, 3.8) is 0 Å². The molecule has 0 aromatic carbocycles. The number of aryl methyl sites for hydroxylation is 1. The molecule has 6 nitrogen and oxygen atoms in total. The average Bonchev–Trinajstić information content (AvgIpc) is 2.51. The zero-order valence-corrected chi connectivity index (χ0v) is 17.0. The molecular formula is C16H30IN5O. The molecule has 0 saturated heterocycles. The monoisotopic (exact) mass is 435 g/mol. The van der Waals surface area contributed by atoms with Crippen molar-refractivity contribution in [1.82, 2.24) is 20.5 Å². The van der Waals surface area contributed by atoms with Gasteiger partial charge >= 0.3 is 0 Å². The van der Waals surface area contributed by atoms with Crippen LogP contribution in [0.1, 0.15) is 17.8 Å². The second kappa shape index (κ2) is 13.5. The first-order chi connectivity index (χ1) is 10.7. The molecule has 1 aromatic heterocycles. The van der Waals surface area contributed by atoms with Crippen LogP contribution in [-0.4, -0.2) is 63.3 Å². The Hall–Kier alpha value is -0.930. The Kier molecular flexibility index (Phi) is 13.0. The van der Waals surface area contributed by atoms with Crippen LogP contribution in [0.2, 0.25) is 0 Å². The lowest BCUT2D eigenvalue weighted by Crippen LogP contribution is -2.40. The molecular weight excluding hydrogens is 405 g/mol. The predicted octanol–water partition coefficient (Wildman–Crippen LogP) is 1.64. The Morgan fingerprint density at radius 1 is 1.30 bits per heavy atom. The van der Waals surface area contributed by atoms with Crippen molar-refractivity contribution in [2.45, 2.75) is 19.9 Å². The van der Waals surface area contributed by atoms with E-state index in [-0.39, 0.29) is 24.0 Å². The fourth-order valence-electron chi connectivity index (χ4n) is 2.05. The number of aliphatic imine (C=N–C) groups is 1. The fraction of sp³-hybridized carbons (Fsp3) is 0.625. The molecule has 2 N–H and O–H groups in total. The SMILES string of the molecule is CN=C(NCCN(C)CCCOC)NCc1cccc(C)n1.I. The summed E-state index contributed by atoms with van der Waals surface area (Å²) in [5, 5.41) is 6.59. The van der Waals surface area contributed by atoms with E-state index in [1.807, 2.05) is 25.1 Å². The van der Waals surface area contributed by atoms with Gasteiger partial charge in [-0.25, -0.2) is 0 Å². The standard InChI is InChI=1S/C16H29N5O.HI/c1-14-7-5-8-15(20-14)13-19-16(17-2)18-9-11-21(3)10-6-12-22-4;/h5,7-8H,6,9-13H2,1-4H3,(H2,17,18,19);1H. The van der Waals surface area contributed by atoms with Gasteiger partial charge in [0.1, 0.15) is 0 Å². The number of hydrogen-bond acceptors (Lipinski definition) is 4. The zero-order chi connectivity index (χ0) is 16.2. The van der Waals surface area contributed by atoms with E-state index in [4.69, 9.17) is 4.74 Å². The van der Waals surface area contributed by atoms with E-state index in [2.05, 4.69) is 32.6 Å². The first-order valence-electron chi connectivity index (χ1n) is 7.70. The van der Waals surface area contributed by atoms with Gasteiger partial charge in [-0.05, 0) is 32.5 Å². The van der Waals surface area contributed by atoms with Gasteiger partial charge in [0.05, 0.1) is 12.2 Å². The molecule has 132 valence electrons.